The van der Waals surface area contributed by atoms with E-state index in [1.54, 1.807) is 0 Å². The van der Waals surface area contributed by atoms with Crippen LogP contribution in [0.3, 0.4) is 0 Å². The van der Waals surface area contributed by atoms with Gasteiger partial charge in [0.2, 0.25) is 0 Å². The highest BCUT2D eigenvalue weighted by atomic mass is 16.3. The second-order valence-corrected chi connectivity index (χ2v) is 16.8. The molecule has 1 aromatic heterocycles. The molecule has 10 aromatic carbocycles. The molecule has 1 aliphatic rings. The molecule has 0 N–H and O–H groups in total. The van der Waals surface area contributed by atoms with Gasteiger partial charge in [-0.25, -0.2) is 0 Å². The van der Waals surface area contributed by atoms with E-state index in [9.17, 15) is 0 Å². The molecule has 61 heavy (non-hydrogen) atoms. The van der Waals surface area contributed by atoms with Gasteiger partial charge in [-0.3, -0.25) is 0 Å². The van der Waals surface area contributed by atoms with Gasteiger partial charge in [-0.15, -0.1) is 0 Å². The van der Waals surface area contributed by atoms with Crippen LogP contribution in [-0.2, 0) is 5.41 Å². The molecule has 2 nitrogen and oxygen atoms in total. The van der Waals surface area contributed by atoms with Crippen LogP contribution < -0.4 is 4.90 Å². The number of rotatable bonds is 6. The Kier molecular flexibility index (Phi) is 7.92. The Morgan fingerprint density at radius 1 is 0.344 bits per heavy atom. The lowest BCUT2D eigenvalue weighted by atomic mass is 9.82. The molecule has 1 aliphatic carbocycles. The zero-order chi connectivity index (χ0) is 40.7. The molecule has 0 bridgehead atoms. The number of hydrogen-bond acceptors (Lipinski definition) is 2. The summed E-state index contributed by atoms with van der Waals surface area (Å²) >= 11 is 0. The topological polar surface area (TPSA) is 16.4 Å². The number of hydrogen-bond donors (Lipinski definition) is 0. The lowest BCUT2D eigenvalue weighted by Crippen LogP contribution is -2.17. The van der Waals surface area contributed by atoms with Crippen molar-refractivity contribution < 1.29 is 4.42 Å². The van der Waals surface area contributed by atoms with Gasteiger partial charge in [-0.2, -0.15) is 0 Å². The number of benzene rings is 10. The summed E-state index contributed by atoms with van der Waals surface area (Å²) in [6.45, 7) is 4.71. The van der Waals surface area contributed by atoms with Crippen molar-refractivity contribution in [1.82, 2.24) is 0 Å². The van der Waals surface area contributed by atoms with E-state index < -0.39 is 0 Å². The minimum Gasteiger partial charge on any atom is -0.453 e. The maximum absolute atomic E-state index is 7.42. The van der Waals surface area contributed by atoms with Gasteiger partial charge in [-0.1, -0.05) is 196 Å². The monoisotopic (exact) mass is 779 g/mol. The fraction of sp³-hybridized carbons (Fsp3) is 0.0508. The zero-order valence-corrected chi connectivity index (χ0v) is 34.1. The molecule has 0 atom stereocenters. The first kappa shape index (κ1) is 35.3. The zero-order valence-electron chi connectivity index (χ0n) is 34.1. The summed E-state index contributed by atoms with van der Waals surface area (Å²) in [6, 6.07) is 77.2. The van der Waals surface area contributed by atoms with Crippen LogP contribution in [0.4, 0.5) is 17.1 Å². The Labute approximate surface area is 355 Å². The smallest absolute Gasteiger partial charge is 0.160 e. The van der Waals surface area contributed by atoms with Gasteiger partial charge in [0.15, 0.2) is 5.58 Å². The van der Waals surface area contributed by atoms with Crippen LogP contribution in [0.5, 0.6) is 0 Å². The molecule has 1 heterocycles. The summed E-state index contributed by atoms with van der Waals surface area (Å²) < 4.78 is 7.42. The highest BCUT2D eigenvalue weighted by Crippen LogP contribution is 2.54. The van der Waals surface area contributed by atoms with Gasteiger partial charge in [0.05, 0.1) is 5.69 Å². The molecule has 0 unspecified atom stereocenters. The van der Waals surface area contributed by atoms with Gasteiger partial charge in [0, 0.05) is 38.5 Å². The van der Waals surface area contributed by atoms with E-state index in [1.807, 2.05) is 0 Å². The van der Waals surface area contributed by atoms with Crippen molar-refractivity contribution in [2.75, 3.05) is 4.90 Å². The predicted octanol–water partition coefficient (Wildman–Crippen LogP) is 16.7. The summed E-state index contributed by atoms with van der Waals surface area (Å²) in [4.78, 5) is 2.45. The molecule has 0 amide bonds. The summed E-state index contributed by atoms with van der Waals surface area (Å²) in [5.74, 6) is 0. The summed E-state index contributed by atoms with van der Waals surface area (Å²) in [5, 5.41) is 6.96. The van der Waals surface area contributed by atoms with Crippen molar-refractivity contribution in [3.63, 3.8) is 0 Å². The van der Waals surface area contributed by atoms with Gasteiger partial charge in [0.25, 0.3) is 0 Å². The first-order valence-electron chi connectivity index (χ1n) is 21.2. The van der Waals surface area contributed by atoms with Gasteiger partial charge in [-0.05, 0) is 96.6 Å². The highest BCUT2D eigenvalue weighted by Gasteiger charge is 2.36. The van der Waals surface area contributed by atoms with Crippen molar-refractivity contribution >= 4 is 60.5 Å². The van der Waals surface area contributed by atoms with Gasteiger partial charge in [0.1, 0.15) is 5.58 Å². The predicted molar refractivity (Wildman–Crippen MR) is 257 cm³/mol. The molecule has 0 radical (unpaired) electrons. The standard InChI is InChI=1S/C59H41NO/c1-59(2)53-24-14-13-21-48(53)49-34-33-44(37-54(49)59)60(43-31-29-41(30-32-43)39-17-7-4-8-18-39)56-45(42-27-25-40(26-28-42)38-15-5-3-6-16-38)35-36-52-55-50-22-11-9-19-46(50)47-20-10-12-23-51(47)57(55)61-58(52)56/h3-37H,1-2H3. The van der Waals surface area contributed by atoms with Gasteiger partial charge < -0.3 is 9.32 Å². The maximum atomic E-state index is 7.42. The van der Waals surface area contributed by atoms with Gasteiger partial charge >= 0.3 is 0 Å². The molecule has 0 aliphatic heterocycles. The molecule has 12 rings (SSSR count). The average Bonchev–Trinajstić information content (AvgIpc) is 3.83. The fourth-order valence-corrected chi connectivity index (χ4v) is 10.1. The third-order valence-electron chi connectivity index (χ3n) is 13.1. The SMILES string of the molecule is CC1(C)c2ccccc2-c2ccc(N(c3ccc(-c4ccccc4)cc3)c3c(-c4ccc(-c5ccccc5)cc4)ccc4c3oc3c5ccccc5c5ccccc5c43)cc21. The van der Waals surface area contributed by atoms with Crippen LogP contribution in [0, 0.1) is 0 Å². The van der Waals surface area contributed by atoms with Crippen LogP contribution in [0.2, 0.25) is 0 Å². The van der Waals surface area contributed by atoms with E-state index in [1.165, 1.54) is 60.7 Å². The van der Waals surface area contributed by atoms with Crippen LogP contribution in [-0.4, -0.2) is 0 Å². The number of furan rings is 1. The van der Waals surface area contributed by atoms with Crippen molar-refractivity contribution in [1.29, 1.82) is 0 Å². The Hall–Kier alpha value is -7.68. The Morgan fingerprint density at radius 3 is 1.52 bits per heavy atom. The summed E-state index contributed by atoms with van der Waals surface area (Å²) in [7, 11) is 0. The lowest BCUT2D eigenvalue weighted by molar-refractivity contribution is 0.660. The third kappa shape index (κ3) is 5.49. The third-order valence-corrected chi connectivity index (χ3v) is 13.1. The van der Waals surface area contributed by atoms with E-state index in [0.29, 0.717) is 0 Å². The van der Waals surface area contributed by atoms with Crippen LogP contribution in [0.25, 0.3) is 88.0 Å². The minimum absolute atomic E-state index is 0.177. The fourth-order valence-electron chi connectivity index (χ4n) is 10.1. The van der Waals surface area contributed by atoms with Crippen molar-refractivity contribution in [2.45, 2.75) is 19.3 Å². The molecule has 0 fully saturated rings. The number of anilines is 3. The van der Waals surface area contributed by atoms with E-state index in [4.69, 9.17) is 4.42 Å². The average molecular weight is 780 g/mol. The maximum Gasteiger partial charge on any atom is 0.160 e. The van der Waals surface area contributed by atoms with Crippen molar-refractivity contribution in [2.24, 2.45) is 0 Å². The Morgan fingerprint density at radius 2 is 0.836 bits per heavy atom. The quantitative estimate of drug-likeness (QED) is 0.156. The molecule has 11 aromatic rings. The Balaban J connectivity index is 1.17. The normalized spacial score (nSPS) is 12.9. The molecule has 0 saturated heterocycles. The van der Waals surface area contributed by atoms with Crippen LogP contribution in [0.15, 0.2) is 217 Å². The largest absolute Gasteiger partial charge is 0.453 e. The first-order chi connectivity index (χ1) is 30.0. The number of nitrogens with zero attached hydrogens (tertiary/aromatic N) is 1. The van der Waals surface area contributed by atoms with E-state index in [0.717, 1.165) is 55.5 Å². The minimum atomic E-state index is -0.177. The molecule has 288 valence electrons. The van der Waals surface area contributed by atoms with Crippen LogP contribution >= 0.6 is 0 Å². The first-order valence-corrected chi connectivity index (χ1v) is 21.2. The lowest BCUT2D eigenvalue weighted by Gasteiger charge is -2.30. The highest BCUT2D eigenvalue weighted by molar-refractivity contribution is 6.31. The van der Waals surface area contributed by atoms with Crippen LogP contribution in [0.1, 0.15) is 25.0 Å². The second kappa shape index (κ2) is 13.7. The van der Waals surface area contributed by atoms with E-state index >= 15 is 0 Å². The molecule has 2 heteroatoms. The van der Waals surface area contributed by atoms with E-state index in [-0.39, 0.29) is 5.41 Å². The second-order valence-electron chi connectivity index (χ2n) is 16.8. The molecule has 0 spiro atoms. The van der Waals surface area contributed by atoms with Crippen molar-refractivity contribution in [3.8, 4) is 44.5 Å². The Bertz CT molecular complexity index is 3470. The van der Waals surface area contributed by atoms with Crippen molar-refractivity contribution in [3.05, 3.63) is 223 Å². The molecular weight excluding hydrogens is 739 g/mol. The number of fused-ring (bicyclic) bond motifs is 11. The van der Waals surface area contributed by atoms with E-state index in [2.05, 4.69) is 231 Å². The summed E-state index contributed by atoms with van der Waals surface area (Å²) in [6.07, 6.45) is 0. The molecule has 0 saturated carbocycles. The molecular formula is C59H41NO. The summed E-state index contributed by atoms with van der Waals surface area (Å²) in [5.41, 5.74) is 17.0.